The van der Waals surface area contributed by atoms with Gasteiger partial charge in [-0.2, -0.15) is 0 Å². The number of rotatable bonds is 1. The van der Waals surface area contributed by atoms with E-state index in [1.807, 2.05) is 6.92 Å². The molecule has 2 rings (SSSR count). The van der Waals surface area contributed by atoms with Gasteiger partial charge in [-0.25, -0.2) is 14.4 Å². The number of halogens is 1. The summed E-state index contributed by atoms with van der Waals surface area (Å²) in [6.45, 7) is 1.82. The fourth-order valence-electron chi connectivity index (χ4n) is 1.39. The van der Waals surface area contributed by atoms with Gasteiger partial charge in [-0.15, -0.1) is 0 Å². The molecule has 0 amide bonds. The van der Waals surface area contributed by atoms with Crippen LogP contribution >= 0.6 is 0 Å². The molecule has 1 aromatic carbocycles. The number of nitrogens with two attached hydrogens (primary N) is 1. The molecule has 15 heavy (non-hydrogen) atoms. The number of nitrogen functional groups attached to an aromatic ring is 1. The second-order valence-corrected chi connectivity index (χ2v) is 3.26. The van der Waals surface area contributed by atoms with E-state index in [0.29, 0.717) is 11.3 Å². The molecule has 0 saturated carbocycles. The minimum atomic E-state index is -0.290. The summed E-state index contributed by atoms with van der Waals surface area (Å²) in [4.78, 5) is 8.00. The highest BCUT2D eigenvalue weighted by Gasteiger charge is 2.03. The van der Waals surface area contributed by atoms with Crippen molar-refractivity contribution in [2.45, 2.75) is 6.92 Å². The first kappa shape index (κ1) is 9.58. The van der Waals surface area contributed by atoms with Crippen LogP contribution in [0.5, 0.6) is 0 Å². The Kier molecular flexibility index (Phi) is 2.33. The van der Waals surface area contributed by atoms with Gasteiger partial charge in [0.1, 0.15) is 5.82 Å². The van der Waals surface area contributed by atoms with Crippen LogP contribution in [0.3, 0.4) is 0 Å². The smallest absolute Gasteiger partial charge is 0.220 e. The molecular weight excluding hydrogens is 193 g/mol. The maximum absolute atomic E-state index is 13.0. The van der Waals surface area contributed by atoms with Crippen LogP contribution in [-0.2, 0) is 0 Å². The number of benzene rings is 1. The monoisotopic (exact) mass is 203 g/mol. The molecule has 0 aliphatic rings. The summed E-state index contributed by atoms with van der Waals surface area (Å²) in [7, 11) is 0. The van der Waals surface area contributed by atoms with Crippen molar-refractivity contribution in [2.75, 3.05) is 5.73 Å². The largest absolute Gasteiger partial charge is 0.368 e. The molecule has 0 unspecified atom stereocenters. The fourth-order valence-corrected chi connectivity index (χ4v) is 1.39. The van der Waals surface area contributed by atoms with E-state index in [4.69, 9.17) is 5.73 Å². The first-order valence-electron chi connectivity index (χ1n) is 4.52. The Labute approximate surface area is 86.8 Å². The van der Waals surface area contributed by atoms with E-state index in [1.165, 1.54) is 12.1 Å². The van der Waals surface area contributed by atoms with Crippen LogP contribution in [0, 0.1) is 12.7 Å². The van der Waals surface area contributed by atoms with Crippen LogP contribution in [0.2, 0.25) is 0 Å². The molecule has 0 fully saturated rings. The van der Waals surface area contributed by atoms with Crippen LogP contribution < -0.4 is 5.73 Å². The third-order valence-electron chi connectivity index (χ3n) is 1.99. The molecule has 0 radical (unpaired) electrons. The fraction of sp³-hybridized carbons (Fsp3) is 0.0909. The SMILES string of the molecule is Cc1cc(-c2cccc(F)c2)nc(N)n1. The number of nitrogens with zero attached hydrogens (tertiary/aromatic N) is 2. The summed E-state index contributed by atoms with van der Waals surface area (Å²) in [6.07, 6.45) is 0. The number of hydrogen-bond donors (Lipinski definition) is 1. The van der Waals surface area contributed by atoms with Crippen molar-refractivity contribution >= 4 is 5.95 Å². The van der Waals surface area contributed by atoms with Crippen molar-refractivity contribution in [3.8, 4) is 11.3 Å². The minimum absolute atomic E-state index is 0.203. The third kappa shape index (κ3) is 2.10. The zero-order chi connectivity index (χ0) is 10.8. The predicted molar refractivity (Wildman–Crippen MR) is 56.6 cm³/mol. The van der Waals surface area contributed by atoms with Crippen LogP contribution in [0.15, 0.2) is 30.3 Å². The van der Waals surface area contributed by atoms with Gasteiger partial charge >= 0.3 is 0 Å². The van der Waals surface area contributed by atoms with Gasteiger partial charge in [0, 0.05) is 11.3 Å². The van der Waals surface area contributed by atoms with Gasteiger partial charge in [-0.1, -0.05) is 12.1 Å². The Balaban J connectivity index is 2.54. The molecule has 4 heteroatoms. The number of aromatic nitrogens is 2. The van der Waals surface area contributed by atoms with Crippen LogP contribution in [0.1, 0.15) is 5.69 Å². The normalized spacial score (nSPS) is 10.3. The second-order valence-electron chi connectivity index (χ2n) is 3.26. The van der Waals surface area contributed by atoms with Crippen LogP contribution in [-0.4, -0.2) is 9.97 Å². The molecule has 1 heterocycles. The Morgan fingerprint density at radius 3 is 2.67 bits per heavy atom. The Morgan fingerprint density at radius 2 is 2.00 bits per heavy atom. The average Bonchev–Trinajstić information content (AvgIpc) is 2.16. The van der Waals surface area contributed by atoms with Crippen molar-refractivity contribution in [2.24, 2.45) is 0 Å². The van der Waals surface area contributed by atoms with Crippen molar-refractivity contribution < 1.29 is 4.39 Å². The van der Waals surface area contributed by atoms with E-state index in [9.17, 15) is 4.39 Å². The summed E-state index contributed by atoms with van der Waals surface area (Å²) in [6, 6.07) is 8.00. The zero-order valence-corrected chi connectivity index (χ0v) is 8.24. The van der Waals surface area contributed by atoms with Gasteiger partial charge in [-0.3, -0.25) is 0 Å². The molecule has 0 saturated heterocycles. The van der Waals surface area contributed by atoms with Gasteiger partial charge in [0.25, 0.3) is 0 Å². The van der Waals surface area contributed by atoms with E-state index in [-0.39, 0.29) is 11.8 Å². The van der Waals surface area contributed by atoms with E-state index in [2.05, 4.69) is 9.97 Å². The third-order valence-corrected chi connectivity index (χ3v) is 1.99. The minimum Gasteiger partial charge on any atom is -0.368 e. The first-order chi connectivity index (χ1) is 7.15. The Bertz CT molecular complexity index is 477. The lowest BCUT2D eigenvalue weighted by atomic mass is 10.1. The second kappa shape index (κ2) is 3.65. The first-order valence-corrected chi connectivity index (χ1v) is 4.52. The number of hydrogen-bond acceptors (Lipinski definition) is 3. The Morgan fingerprint density at radius 1 is 1.20 bits per heavy atom. The lowest BCUT2D eigenvalue weighted by Crippen LogP contribution is -1.98. The molecule has 0 atom stereocenters. The van der Waals surface area contributed by atoms with Crippen molar-refractivity contribution in [1.82, 2.24) is 9.97 Å². The standard InChI is InChI=1S/C11H10FN3/c1-7-5-10(15-11(13)14-7)8-3-2-4-9(12)6-8/h2-6H,1H3,(H2,13,14,15). The quantitative estimate of drug-likeness (QED) is 0.772. The van der Waals surface area contributed by atoms with Gasteiger partial charge in [-0.05, 0) is 25.1 Å². The van der Waals surface area contributed by atoms with Crippen molar-refractivity contribution in [3.05, 3.63) is 41.8 Å². The Hall–Kier alpha value is -1.97. The van der Waals surface area contributed by atoms with E-state index >= 15 is 0 Å². The molecule has 2 N–H and O–H groups in total. The van der Waals surface area contributed by atoms with E-state index in [1.54, 1.807) is 18.2 Å². The highest BCUT2D eigenvalue weighted by molar-refractivity contribution is 5.60. The number of aryl methyl sites for hydroxylation is 1. The maximum atomic E-state index is 13.0. The molecule has 76 valence electrons. The van der Waals surface area contributed by atoms with E-state index in [0.717, 1.165) is 5.69 Å². The molecular formula is C11H10FN3. The number of anilines is 1. The van der Waals surface area contributed by atoms with Gasteiger partial charge in [0.15, 0.2) is 0 Å². The molecule has 3 nitrogen and oxygen atoms in total. The van der Waals surface area contributed by atoms with Gasteiger partial charge in [0.05, 0.1) is 5.69 Å². The molecule has 0 bridgehead atoms. The highest BCUT2D eigenvalue weighted by atomic mass is 19.1. The average molecular weight is 203 g/mol. The zero-order valence-electron chi connectivity index (χ0n) is 8.24. The lowest BCUT2D eigenvalue weighted by Gasteiger charge is -2.03. The molecule has 2 aromatic rings. The molecule has 1 aromatic heterocycles. The summed E-state index contributed by atoms with van der Waals surface area (Å²) in [5, 5.41) is 0. The molecule has 0 spiro atoms. The highest BCUT2D eigenvalue weighted by Crippen LogP contribution is 2.18. The molecule has 0 aliphatic heterocycles. The summed E-state index contributed by atoms with van der Waals surface area (Å²) < 4.78 is 13.0. The summed E-state index contributed by atoms with van der Waals surface area (Å²) >= 11 is 0. The van der Waals surface area contributed by atoms with Crippen molar-refractivity contribution in [3.63, 3.8) is 0 Å². The summed E-state index contributed by atoms with van der Waals surface area (Å²) in [5.41, 5.74) is 7.62. The van der Waals surface area contributed by atoms with Crippen molar-refractivity contribution in [1.29, 1.82) is 0 Å². The lowest BCUT2D eigenvalue weighted by molar-refractivity contribution is 0.628. The predicted octanol–water partition coefficient (Wildman–Crippen LogP) is 2.17. The van der Waals surface area contributed by atoms with E-state index < -0.39 is 0 Å². The van der Waals surface area contributed by atoms with Gasteiger partial charge in [0.2, 0.25) is 5.95 Å². The topological polar surface area (TPSA) is 51.8 Å². The maximum Gasteiger partial charge on any atom is 0.220 e. The van der Waals surface area contributed by atoms with Crippen LogP contribution in [0.25, 0.3) is 11.3 Å². The van der Waals surface area contributed by atoms with Gasteiger partial charge < -0.3 is 5.73 Å². The van der Waals surface area contributed by atoms with Crippen LogP contribution in [0.4, 0.5) is 10.3 Å². The molecule has 0 aliphatic carbocycles. The summed E-state index contributed by atoms with van der Waals surface area (Å²) in [5.74, 6) is -0.0865.